The van der Waals surface area contributed by atoms with E-state index in [1.54, 1.807) is 0 Å². The molecule has 1 N–H and O–H groups in total. The maximum Gasteiger partial charge on any atom is 0.0480 e. The van der Waals surface area contributed by atoms with Gasteiger partial charge < -0.3 is 10.1 Å². The molecule has 4 nitrogen and oxygen atoms in total. The zero-order valence-electron chi connectivity index (χ0n) is 12.2. The van der Waals surface area contributed by atoms with Crippen LogP contribution in [0.1, 0.15) is 26.7 Å². The lowest BCUT2D eigenvalue weighted by Crippen LogP contribution is -2.58. The molecule has 0 spiro atoms. The molecule has 0 bridgehead atoms. The first-order valence-electron chi connectivity index (χ1n) is 7.33. The molecule has 0 amide bonds. The van der Waals surface area contributed by atoms with E-state index in [1.165, 1.54) is 39.0 Å². The molecule has 0 radical (unpaired) electrons. The van der Waals surface area contributed by atoms with Crippen LogP contribution < -0.4 is 5.32 Å². The Bertz CT molecular complexity index is 251. The molecule has 0 atom stereocenters. The highest BCUT2D eigenvalue weighted by Gasteiger charge is 2.30. The Morgan fingerprint density at radius 1 is 1.22 bits per heavy atom. The van der Waals surface area contributed by atoms with Gasteiger partial charge >= 0.3 is 0 Å². The minimum absolute atomic E-state index is 0.316. The van der Waals surface area contributed by atoms with Crippen molar-refractivity contribution >= 4 is 0 Å². The fourth-order valence-electron chi connectivity index (χ4n) is 2.86. The molecule has 0 aromatic rings. The Balaban J connectivity index is 1.64. The van der Waals surface area contributed by atoms with E-state index in [9.17, 15) is 0 Å². The van der Waals surface area contributed by atoms with Gasteiger partial charge in [-0.05, 0) is 33.7 Å². The standard InChI is InChI=1S/C14H29N3O/c1-14(2)12-17(9-8-16(14)3)7-6-15-13-4-10-18-11-5-13/h13,15H,4-12H2,1-3H3. The van der Waals surface area contributed by atoms with Crippen molar-refractivity contribution in [3.8, 4) is 0 Å². The van der Waals surface area contributed by atoms with E-state index >= 15 is 0 Å². The third kappa shape index (κ3) is 3.92. The van der Waals surface area contributed by atoms with Gasteiger partial charge in [0.25, 0.3) is 0 Å². The molecule has 0 unspecified atom stereocenters. The first-order valence-corrected chi connectivity index (χ1v) is 7.33. The third-order valence-electron chi connectivity index (χ3n) is 4.48. The average Bonchev–Trinajstić information content (AvgIpc) is 2.35. The van der Waals surface area contributed by atoms with Gasteiger partial charge in [0.05, 0.1) is 0 Å². The second-order valence-corrected chi connectivity index (χ2v) is 6.35. The van der Waals surface area contributed by atoms with Crippen LogP contribution in [0.25, 0.3) is 0 Å². The number of rotatable bonds is 4. The Hall–Kier alpha value is -0.160. The molecule has 106 valence electrons. The summed E-state index contributed by atoms with van der Waals surface area (Å²) < 4.78 is 5.38. The summed E-state index contributed by atoms with van der Waals surface area (Å²) in [5.41, 5.74) is 0.316. The molecular weight excluding hydrogens is 226 g/mol. The first kappa shape index (κ1) is 14.3. The van der Waals surface area contributed by atoms with Gasteiger partial charge in [-0.25, -0.2) is 0 Å². The SMILES string of the molecule is CN1CCN(CCNC2CCOCC2)CC1(C)C. The number of nitrogens with one attached hydrogen (secondary N) is 1. The second kappa shape index (κ2) is 6.33. The Labute approximate surface area is 112 Å². The van der Waals surface area contributed by atoms with Crippen LogP contribution >= 0.6 is 0 Å². The van der Waals surface area contributed by atoms with Crippen LogP contribution in [0.4, 0.5) is 0 Å². The maximum atomic E-state index is 5.38. The van der Waals surface area contributed by atoms with Gasteiger partial charge in [-0.3, -0.25) is 9.80 Å². The van der Waals surface area contributed by atoms with E-state index in [0.717, 1.165) is 19.8 Å². The van der Waals surface area contributed by atoms with Crippen molar-refractivity contribution in [2.45, 2.75) is 38.3 Å². The van der Waals surface area contributed by atoms with Crippen molar-refractivity contribution < 1.29 is 4.74 Å². The number of hydrogen-bond donors (Lipinski definition) is 1. The van der Waals surface area contributed by atoms with Gasteiger partial charge in [0.1, 0.15) is 0 Å². The lowest BCUT2D eigenvalue weighted by Gasteiger charge is -2.45. The summed E-state index contributed by atoms with van der Waals surface area (Å²) >= 11 is 0. The number of nitrogens with zero attached hydrogens (tertiary/aromatic N) is 2. The van der Waals surface area contributed by atoms with Crippen LogP contribution in [0.5, 0.6) is 0 Å². The van der Waals surface area contributed by atoms with Crippen molar-refractivity contribution in [1.82, 2.24) is 15.1 Å². The molecule has 2 fully saturated rings. The summed E-state index contributed by atoms with van der Waals surface area (Å²) in [5, 5.41) is 3.67. The van der Waals surface area contributed by atoms with Gasteiger partial charge in [-0.15, -0.1) is 0 Å². The van der Waals surface area contributed by atoms with Crippen LogP contribution in [-0.2, 0) is 4.74 Å². The maximum absolute atomic E-state index is 5.38. The van der Waals surface area contributed by atoms with Gasteiger partial charge in [0.2, 0.25) is 0 Å². The summed E-state index contributed by atoms with van der Waals surface area (Å²) in [4.78, 5) is 5.06. The Morgan fingerprint density at radius 3 is 2.61 bits per heavy atom. The van der Waals surface area contributed by atoms with Crippen LogP contribution in [0, 0.1) is 0 Å². The highest BCUT2D eigenvalue weighted by Crippen LogP contribution is 2.18. The van der Waals surface area contributed by atoms with Crippen LogP contribution in [0.2, 0.25) is 0 Å². The van der Waals surface area contributed by atoms with Crippen molar-refractivity contribution in [3.63, 3.8) is 0 Å². The van der Waals surface area contributed by atoms with Gasteiger partial charge in [0.15, 0.2) is 0 Å². The average molecular weight is 255 g/mol. The fourth-order valence-corrected chi connectivity index (χ4v) is 2.86. The molecule has 2 heterocycles. The number of likely N-dealkylation sites (N-methyl/N-ethyl adjacent to an activating group) is 1. The van der Waals surface area contributed by atoms with E-state index in [1.807, 2.05) is 0 Å². The molecule has 0 aromatic heterocycles. The van der Waals surface area contributed by atoms with Gasteiger partial charge in [-0.2, -0.15) is 0 Å². The zero-order chi connectivity index (χ0) is 13.0. The lowest BCUT2D eigenvalue weighted by atomic mass is 10.00. The van der Waals surface area contributed by atoms with Crippen molar-refractivity contribution in [1.29, 1.82) is 0 Å². The largest absolute Gasteiger partial charge is 0.381 e. The molecular formula is C14H29N3O. The van der Waals surface area contributed by atoms with E-state index < -0.39 is 0 Å². The highest BCUT2D eigenvalue weighted by molar-refractivity contribution is 4.88. The minimum Gasteiger partial charge on any atom is -0.381 e. The summed E-state index contributed by atoms with van der Waals surface area (Å²) in [6, 6.07) is 0.680. The predicted molar refractivity (Wildman–Crippen MR) is 75.0 cm³/mol. The summed E-state index contributed by atoms with van der Waals surface area (Å²) in [6.45, 7) is 12.4. The smallest absolute Gasteiger partial charge is 0.0480 e. The molecule has 2 saturated heterocycles. The topological polar surface area (TPSA) is 27.7 Å². The van der Waals surface area contributed by atoms with Crippen molar-refractivity contribution in [2.24, 2.45) is 0 Å². The number of ether oxygens (including phenoxy) is 1. The molecule has 0 aliphatic carbocycles. The predicted octanol–water partition coefficient (Wildman–Crippen LogP) is 0.781. The second-order valence-electron chi connectivity index (χ2n) is 6.35. The molecule has 18 heavy (non-hydrogen) atoms. The molecule has 0 saturated carbocycles. The summed E-state index contributed by atoms with van der Waals surface area (Å²) in [6.07, 6.45) is 2.35. The number of hydrogen-bond acceptors (Lipinski definition) is 4. The molecule has 4 heteroatoms. The Morgan fingerprint density at radius 2 is 1.94 bits per heavy atom. The molecule has 0 aromatic carbocycles. The fraction of sp³-hybridized carbons (Fsp3) is 1.00. The highest BCUT2D eigenvalue weighted by atomic mass is 16.5. The first-order chi connectivity index (χ1) is 8.58. The summed E-state index contributed by atoms with van der Waals surface area (Å²) in [7, 11) is 2.23. The molecule has 2 aliphatic heterocycles. The zero-order valence-corrected chi connectivity index (χ0v) is 12.2. The van der Waals surface area contributed by atoms with E-state index in [4.69, 9.17) is 4.74 Å². The van der Waals surface area contributed by atoms with E-state index in [-0.39, 0.29) is 0 Å². The van der Waals surface area contributed by atoms with Crippen LogP contribution in [0.15, 0.2) is 0 Å². The lowest BCUT2D eigenvalue weighted by molar-refractivity contribution is 0.0385. The van der Waals surface area contributed by atoms with Crippen LogP contribution in [-0.4, -0.2) is 74.4 Å². The quantitative estimate of drug-likeness (QED) is 0.803. The van der Waals surface area contributed by atoms with Gasteiger partial charge in [-0.1, -0.05) is 0 Å². The Kier molecular flexibility index (Phi) is 5.01. The van der Waals surface area contributed by atoms with Crippen LogP contribution in [0.3, 0.4) is 0 Å². The molecule has 2 rings (SSSR count). The normalized spacial score (nSPS) is 27.5. The third-order valence-corrected chi connectivity index (χ3v) is 4.48. The number of piperazine rings is 1. The van der Waals surface area contributed by atoms with E-state index in [2.05, 4.69) is 36.0 Å². The monoisotopic (exact) mass is 255 g/mol. The summed E-state index contributed by atoms with van der Waals surface area (Å²) in [5.74, 6) is 0. The van der Waals surface area contributed by atoms with Gasteiger partial charge in [0, 0.05) is 57.5 Å². The van der Waals surface area contributed by atoms with Crippen molar-refractivity contribution in [3.05, 3.63) is 0 Å². The minimum atomic E-state index is 0.316. The van der Waals surface area contributed by atoms with Crippen molar-refractivity contribution in [2.75, 3.05) is 53.0 Å². The van der Waals surface area contributed by atoms with E-state index in [0.29, 0.717) is 11.6 Å². The molecule has 2 aliphatic rings.